The monoisotopic (exact) mass is 249 g/mol. The molecule has 1 N–H and O–H groups in total. The number of anilines is 1. The van der Waals surface area contributed by atoms with Crippen LogP contribution in [0.1, 0.15) is 11.1 Å². The number of nitrogens with one attached hydrogen (secondary N) is 1. The van der Waals surface area contributed by atoms with Crippen LogP contribution in [0.15, 0.2) is 12.3 Å². The van der Waals surface area contributed by atoms with Gasteiger partial charge in [-0.15, -0.1) is 0 Å². The molecule has 1 aliphatic rings. The number of rotatable bonds is 2. The van der Waals surface area contributed by atoms with E-state index < -0.39 is 0 Å². The molecule has 1 aliphatic heterocycles. The van der Waals surface area contributed by atoms with Crippen molar-refractivity contribution in [3.05, 3.63) is 23.4 Å². The Labute approximate surface area is 107 Å². The van der Waals surface area contributed by atoms with Crippen LogP contribution < -0.4 is 10.2 Å². The minimum atomic E-state index is -0.272. The highest BCUT2D eigenvalue weighted by Gasteiger charge is 2.27. The van der Waals surface area contributed by atoms with Crippen LogP contribution in [0.25, 0.3) is 0 Å². The lowest BCUT2D eigenvalue weighted by Gasteiger charge is -2.33. The molecule has 0 amide bonds. The van der Waals surface area contributed by atoms with Crippen molar-refractivity contribution in [2.45, 2.75) is 19.9 Å². The number of carbonyl (C=O) groups excluding carboxylic acids is 1. The van der Waals surface area contributed by atoms with E-state index in [4.69, 9.17) is 4.74 Å². The van der Waals surface area contributed by atoms with Gasteiger partial charge in [0.05, 0.1) is 7.11 Å². The van der Waals surface area contributed by atoms with Gasteiger partial charge < -0.3 is 15.0 Å². The van der Waals surface area contributed by atoms with Crippen molar-refractivity contribution in [3.63, 3.8) is 0 Å². The van der Waals surface area contributed by atoms with Crippen LogP contribution in [-0.2, 0) is 9.53 Å². The summed E-state index contributed by atoms with van der Waals surface area (Å²) >= 11 is 0. The molecule has 0 aliphatic carbocycles. The normalized spacial score (nSPS) is 19.7. The number of aromatic nitrogens is 1. The fraction of sp³-hybridized carbons (Fsp3) is 0.538. The maximum absolute atomic E-state index is 11.6. The van der Waals surface area contributed by atoms with Gasteiger partial charge in [-0.2, -0.15) is 0 Å². The number of nitrogens with zero attached hydrogens (tertiary/aromatic N) is 2. The lowest BCUT2D eigenvalue weighted by molar-refractivity contribution is -0.143. The Morgan fingerprint density at radius 3 is 3.00 bits per heavy atom. The maximum atomic E-state index is 11.6. The number of esters is 1. The summed E-state index contributed by atoms with van der Waals surface area (Å²) in [4.78, 5) is 18.1. The zero-order valence-corrected chi connectivity index (χ0v) is 11.1. The topological polar surface area (TPSA) is 54.5 Å². The Hall–Kier alpha value is -1.62. The number of methoxy groups -OCH3 is 1. The molecule has 5 nitrogen and oxygen atoms in total. The summed E-state index contributed by atoms with van der Waals surface area (Å²) in [5, 5.41) is 3.16. The first-order valence-corrected chi connectivity index (χ1v) is 6.11. The molecule has 0 saturated carbocycles. The molecule has 0 aromatic carbocycles. The molecule has 1 aromatic heterocycles. The van der Waals surface area contributed by atoms with Gasteiger partial charge in [0, 0.05) is 25.8 Å². The van der Waals surface area contributed by atoms with E-state index in [1.54, 1.807) is 0 Å². The number of ether oxygens (including phenoxy) is 1. The number of hydrogen-bond acceptors (Lipinski definition) is 5. The number of carbonyl (C=O) groups is 1. The number of aryl methyl sites for hydroxylation is 2. The van der Waals surface area contributed by atoms with Crippen molar-refractivity contribution in [2.24, 2.45) is 0 Å². The van der Waals surface area contributed by atoms with Gasteiger partial charge in [-0.3, -0.25) is 4.79 Å². The molecular formula is C13H19N3O2. The molecule has 0 unspecified atom stereocenters. The van der Waals surface area contributed by atoms with Crippen LogP contribution in [0.2, 0.25) is 0 Å². The predicted octanol–water partition coefficient (Wildman–Crippen LogP) is 0.650. The van der Waals surface area contributed by atoms with Crippen molar-refractivity contribution >= 4 is 11.8 Å². The van der Waals surface area contributed by atoms with Crippen molar-refractivity contribution in [3.8, 4) is 0 Å². The average molecular weight is 249 g/mol. The molecule has 1 saturated heterocycles. The average Bonchev–Trinajstić information content (AvgIpc) is 2.38. The molecule has 0 radical (unpaired) electrons. The highest BCUT2D eigenvalue weighted by molar-refractivity contribution is 5.77. The van der Waals surface area contributed by atoms with Gasteiger partial charge in [0.15, 0.2) is 0 Å². The fourth-order valence-electron chi connectivity index (χ4n) is 2.28. The Morgan fingerprint density at radius 1 is 1.56 bits per heavy atom. The van der Waals surface area contributed by atoms with E-state index in [2.05, 4.69) is 21.3 Å². The van der Waals surface area contributed by atoms with Crippen LogP contribution >= 0.6 is 0 Å². The molecule has 1 atom stereocenters. The Balaban J connectivity index is 2.15. The minimum Gasteiger partial charge on any atom is -0.468 e. The van der Waals surface area contributed by atoms with E-state index in [0.29, 0.717) is 6.54 Å². The van der Waals surface area contributed by atoms with Crippen molar-refractivity contribution in [2.75, 3.05) is 31.6 Å². The van der Waals surface area contributed by atoms with Crippen molar-refractivity contribution < 1.29 is 9.53 Å². The molecule has 2 heterocycles. The van der Waals surface area contributed by atoms with Crippen LogP contribution in [-0.4, -0.2) is 43.7 Å². The summed E-state index contributed by atoms with van der Waals surface area (Å²) in [6.45, 7) is 6.28. The first-order valence-electron chi connectivity index (χ1n) is 6.11. The Morgan fingerprint density at radius 2 is 2.33 bits per heavy atom. The number of piperazine rings is 1. The molecular weight excluding hydrogens is 230 g/mol. The quantitative estimate of drug-likeness (QED) is 0.780. The fourth-order valence-corrected chi connectivity index (χ4v) is 2.28. The van der Waals surface area contributed by atoms with E-state index in [1.165, 1.54) is 7.11 Å². The zero-order chi connectivity index (χ0) is 13.1. The van der Waals surface area contributed by atoms with Crippen molar-refractivity contribution in [1.29, 1.82) is 0 Å². The summed E-state index contributed by atoms with van der Waals surface area (Å²) in [6, 6.07) is 1.84. The summed E-state index contributed by atoms with van der Waals surface area (Å²) in [5.41, 5.74) is 2.29. The third-order valence-electron chi connectivity index (χ3n) is 3.15. The first kappa shape index (κ1) is 12.8. The van der Waals surface area contributed by atoms with E-state index in [9.17, 15) is 4.79 Å². The highest BCUT2D eigenvalue weighted by atomic mass is 16.5. The second-order valence-corrected chi connectivity index (χ2v) is 4.63. The van der Waals surface area contributed by atoms with Crippen LogP contribution in [0.4, 0.5) is 5.82 Å². The summed E-state index contributed by atoms with van der Waals surface area (Å²) in [7, 11) is 1.42. The van der Waals surface area contributed by atoms with E-state index in [0.717, 1.165) is 30.0 Å². The van der Waals surface area contributed by atoms with Gasteiger partial charge in [-0.25, -0.2) is 4.98 Å². The highest BCUT2D eigenvalue weighted by Crippen LogP contribution is 2.19. The van der Waals surface area contributed by atoms with Gasteiger partial charge in [0.25, 0.3) is 0 Å². The number of pyridine rings is 1. The third-order valence-corrected chi connectivity index (χ3v) is 3.15. The van der Waals surface area contributed by atoms with Crippen LogP contribution in [0, 0.1) is 13.8 Å². The number of hydrogen-bond donors (Lipinski definition) is 1. The van der Waals surface area contributed by atoms with E-state index >= 15 is 0 Å². The SMILES string of the molecule is COC(=O)[C@@H]1CN(c2ncc(C)cc2C)CCN1. The van der Waals surface area contributed by atoms with Crippen LogP contribution in [0.3, 0.4) is 0 Å². The lowest BCUT2D eigenvalue weighted by Crippen LogP contribution is -2.55. The Kier molecular flexibility index (Phi) is 3.81. The second kappa shape index (κ2) is 5.35. The summed E-state index contributed by atoms with van der Waals surface area (Å²) < 4.78 is 4.77. The van der Waals surface area contributed by atoms with Gasteiger partial charge in [0.1, 0.15) is 11.9 Å². The molecule has 1 aromatic rings. The molecule has 18 heavy (non-hydrogen) atoms. The third kappa shape index (κ3) is 2.61. The summed E-state index contributed by atoms with van der Waals surface area (Å²) in [6.07, 6.45) is 1.86. The van der Waals surface area contributed by atoms with Gasteiger partial charge in [-0.05, 0) is 25.0 Å². The molecule has 5 heteroatoms. The largest absolute Gasteiger partial charge is 0.468 e. The minimum absolute atomic E-state index is 0.218. The molecule has 0 bridgehead atoms. The maximum Gasteiger partial charge on any atom is 0.324 e. The zero-order valence-electron chi connectivity index (χ0n) is 11.1. The Bertz CT molecular complexity index is 448. The molecule has 0 spiro atoms. The second-order valence-electron chi connectivity index (χ2n) is 4.63. The van der Waals surface area contributed by atoms with Gasteiger partial charge >= 0.3 is 5.97 Å². The standard InChI is InChI=1S/C13H19N3O2/c1-9-6-10(2)12(15-7-9)16-5-4-14-11(8-16)13(17)18-3/h6-7,11,14H,4-5,8H2,1-3H3/t11-/m0/s1. The van der Waals surface area contributed by atoms with Gasteiger partial charge in [0.2, 0.25) is 0 Å². The van der Waals surface area contributed by atoms with E-state index in [-0.39, 0.29) is 12.0 Å². The molecule has 1 fully saturated rings. The van der Waals surface area contributed by atoms with Crippen molar-refractivity contribution in [1.82, 2.24) is 10.3 Å². The van der Waals surface area contributed by atoms with E-state index in [1.807, 2.05) is 20.0 Å². The lowest BCUT2D eigenvalue weighted by atomic mass is 10.1. The molecule has 2 rings (SSSR count). The summed E-state index contributed by atoms with van der Waals surface area (Å²) in [5.74, 6) is 0.737. The smallest absolute Gasteiger partial charge is 0.324 e. The predicted molar refractivity (Wildman–Crippen MR) is 69.7 cm³/mol. The molecule has 98 valence electrons. The van der Waals surface area contributed by atoms with Crippen LogP contribution in [0.5, 0.6) is 0 Å². The van der Waals surface area contributed by atoms with Gasteiger partial charge in [-0.1, -0.05) is 6.07 Å². The first-order chi connectivity index (χ1) is 8.61.